The fraction of sp³-hybridized carbons (Fsp3) is 0.391. The molecule has 1 aromatic carbocycles. The summed E-state index contributed by atoms with van der Waals surface area (Å²) in [6.07, 6.45) is 6.21. The average Bonchev–Trinajstić information content (AvgIpc) is 3.31. The number of fused-ring (bicyclic) bond motifs is 1. The van der Waals surface area contributed by atoms with Crippen molar-refractivity contribution >= 4 is 33.1 Å². The number of rotatable bonds is 12. The van der Waals surface area contributed by atoms with Crippen LogP contribution in [0.1, 0.15) is 31.0 Å². The number of aromatic nitrogens is 3. The van der Waals surface area contributed by atoms with Crippen molar-refractivity contribution in [2.24, 2.45) is 7.05 Å². The van der Waals surface area contributed by atoms with Gasteiger partial charge in [0.05, 0.1) is 17.8 Å². The number of unbranched alkanes of at least 4 members (excludes halogenated alkanes) is 1. The van der Waals surface area contributed by atoms with Gasteiger partial charge in [-0.2, -0.15) is 18.2 Å². The Hall–Kier alpha value is -3.15. The highest BCUT2D eigenvalue weighted by Gasteiger charge is 2.17. The van der Waals surface area contributed by atoms with Gasteiger partial charge in [-0.05, 0) is 37.6 Å². The minimum atomic E-state index is -3.91. The summed E-state index contributed by atoms with van der Waals surface area (Å²) in [5, 5.41) is 5.50. The molecule has 1 amide bonds. The van der Waals surface area contributed by atoms with Gasteiger partial charge in [-0.3, -0.25) is 9.48 Å². The van der Waals surface area contributed by atoms with Crippen molar-refractivity contribution in [2.75, 3.05) is 26.9 Å². The molecule has 0 aliphatic rings. The van der Waals surface area contributed by atoms with Crippen LogP contribution in [-0.2, 0) is 26.8 Å². The van der Waals surface area contributed by atoms with Gasteiger partial charge in [-0.25, -0.2) is 4.72 Å². The summed E-state index contributed by atoms with van der Waals surface area (Å²) in [7, 11) is -0.475. The van der Waals surface area contributed by atoms with Gasteiger partial charge >= 0.3 is 10.2 Å². The Kier molecular flexibility index (Phi) is 8.48. The van der Waals surface area contributed by atoms with Crippen LogP contribution in [0.25, 0.3) is 22.8 Å². The maximum atomic E-state index is 12.3. The predicted octanol–water partition coefficient (Wildman–Crippen LogP) is 2.46. The van der Waals surface area contributed by atoms with Gasteiger partial charge in [0.25, 0.3) is 5.91 Å². The smallest absolute Gasteiger partial charge is 0.301 e. The summed E-state index contributed by atoms with van der Waals surface area (Å²) in [4.78, 5) is 12.3. The molecule has 0 bridgehead atoms. The summed E-state index contributed by atoms with van der Waals surface area (Å²) in [5.41, 5.74) is 2.29. The summed E-state index contributed by atoms with van der Waals surface area (Å²) < 4.78 is 42.8. The molecule has 0 atom stereocenters. The molecule has 0 unspecified atom stereocenters. The number of aryl methyl sites for hydroxylation is 2. The van der Waals surface area contributed by atoms with Crippen molar-refractivity contribution < 1.29 is 22.7 Å². The second kappa shape index (κ2) is 11.3. The number of benzene rings is 1. The molecule has 0 aliphatic heterocycles. The van der Waals surface area contributed by atoms with Gasteiger partial charge in [0.15, 0.2) is 0 Å². The molecule has 0 saturated carbocycles. The minimum absolute atomic E-state index is 0.270. The van der Waals surface area contributed by atoms with E-state index in [9.17, 15) is 13.2 Å². The van der Waals surface area contributed by atoms with Crippen molar-refractivity contribution in [3.05, 3.63) is 47.8 Å². The zero-order chi connectivity index (χ0) is 24.7. The number of ether oxygens (including phenoxy) is 2. The van der Waals surface area contributed by atoms with Gasteiger partial charge in [-0.1, -0.05) is 13.3 Å². The third-order valence-corrected chi connectivity index (χ3v) is 6.20. The highest BCUT2D eigenvalue weighted by atomic mass is 32.2. The number of hydrogen-bond donors (Lipinski definition) is 2. The first-order valence-corrected chi connectivity index (χ1v) is 12.5. The van der Waals surface area contributed by atoms with Crippen LogP contribution in [0.5, 0.6) is 5.75 Å². The summed E-state index contributed by atoms with van der Waals surface area (Å²) >= 11 is 0. The van der Waals surface area contributed by atoms with E-state index in [4.69, 9.17) is 9.47 Å². The zero-order valence-corrected chi connectivity index (χ0v) is 20.7. The van der Waals surface area contributed by atoms with Crippen molar-refractivity contribution in [3.63, 3.8) is 0 Å². The van der Waals surface area contributed by atoms with Gasteiger partial charge in [0.2, 0.25) is 0 Å². The summed E-state index contributed by atoms with van der Waals surface area (Å²) in [6, 6.07) is 7.78. The van der Waals surface area contributed by atoms with Gasteiger partial charge in [0.1, 0.15) is 18.2 Å². The van der Waals surface area contributed by atoms with E-state index in [2.05, 4.69) is 9.82 Å². The average molecular weight is 490 g/mol. The molecule has 10 nitrogen and oxygen atoms in total. The fourth-order valence-electron chi connectivity index (χ4n) is 3.51. The molecule has 2 N–H and O–H groups in total. The van der Waals surface area contributed by atoms with Crippen LogP contribution in [0.4, 0.5) is 0 Å². The monoisotopic (exact) mass is 489 g/mol. The van der Waals surface area contributed by atoms with Crippen LogP contribution in [-0.4, -0.2) is 55.5 Å². The third-order valence-electron chi connectivity index (χ3n) is 5.14. The molecule has 3 rings (SSSR count). The number of nitrogens with one attached hydrogen (secondary N) is 2. The molecule has 0 spiro atoms. The maximum Gasteiger partial charge on any atom is 0.301 e. The van der Waals surface area contributed by atoms with E-state index in [0.717, 1.165) is 23.1 Å². The SMILES string of the molecule is CCCCNS(=O)(=O)NC(=O)C=Cc1c(C)nn(C)c1-n1ccc2ccc(OCCOC)cc21. The van der Waals surface area contributed by atoms with Crippen molar-refractivity contribution in [1.82, 2.24) is 23.8 Å². The lowest BCUT2D eigenvalue weighted by Gasteiger charge is -2.10. The number of carbonyl (C=O) groups is 1. The molecule has 184 valence electrons. The van der Waals surface area contributed by atoms with E-state index in [1.165, 1.54) is 6.08 Å². The standard InChI is InChI=1S/C23H31N5O5S/c1-5-6-12-24-34(30,31)26-22(29)10-9-20-17(2)25-27(3)23(20)28-13-11-18-7-8-19(16-21(18)28)33-15-14-32-4/h7-11,13,16,24H,5-6,12,14-15H2,1-4H3,(H,26,29). The van der Waals surface area contributed by atoms with E-state index in [0.29, 0.717) is 36.6 Å². The Balaban J connectivity index is 1.87. The van der Waals surface area contributed by atoms with Gasteiger partial charge in [0, 0.05) is 50.0 Å². The minimum Gasteiger partial charge on any atom is -0.491 e. The molecule has 0 aliphatic carbocycles. The molecule has 34 heavy (non-hydrogen) atoms. The molecule has 2 heterocycles. The van der Waals surface area contributed by atoms with E-state index >= 15 is 0 Å². The molecule has 3 aromatic rings. The second-order valence-corrected chi connectivity index (χ2v) is 9.24. The van der Waals surface area contributed by atoms with Crippen molar-refractivity contribution in [3.8, 4) is 11.6 Å². The van der Waals surface area contributed by atoms with Crippen LogP contribution in [0.3, 0.4) is 0 Å². The lowest BCUT2D eigenvalue weighted by Crippen LogP contribution is -2.39. The second-order valence-electron chi connectivity index (χ2n) is 7.74. The Bertz CT molecular complexity index is 1280. The Labute approximate surface area is 199 Å². The van der Waals surface area contributed by atoms with E-state index < -0.39 is 16.1 Å². The summed E-state index contributed by atoms with van der Waals surface area (Å²) in [5.74, 6) is 0.694. The number of nitrogens with zero attached hydrogens (tertiary/aromatic N) is 3. The first-order chi connectivity index (χ1) is 16.3. The van der Waals surface area contributed by atoms with Gasteiger partial charge < -0.3 is 14.0 Å². The number of amides is 1. The molecule has 11 heteroatoms. The number of methoxy groups -OCH3 is 1. The first kappa shape index (κ1) is 25.5. The molecular weight excluding hydrogens is 458 g/mol. The lowest BCUT2D eigenvalue weighted by molar-refractivity contribution is -0.114. The van der Waals surface area contributed by atoms with Crippen LogP contribution >= 0.6 is 0 Å². The molecular formula is C23H31N5O5S. The summed E-state index contributed by atoms with van der Waals surface area (Å²) in [6.45, 7) is 4.97. The number of hydrogen-bond acceptors (Lipinski definition) is 6. The molecule has 0 saturated heterocycles. The van der Waals surface area contributed by atoms with Crippen LogP contribution in [0.2, 0.25) is 0 Å². The Morgan fingerprint density at radius 1 is 1.24 bits per heavy atom. The van der Waals surface area contributed by atoms with E-state index in [1.807, 2.05) is 60.6 Å². The first-order valence-electron chi connectivity index (χ1n) is 11.0. The highest BCUT2D eigenvalue weighted by Crippen LogP contribution is 2.28. The maximum absolute atomic E-state index is 12.3. The third kappa shape index (κ3) is 6.25. The zero-order valence-electron chi connectivity index (χ0n) is 19.9. The van der Waals surface area contributed by atoms with E-state index in [-0.39, 0.29) is 6.54 Å². The lowest BCUT2D eigenvalue weighted by atomic mass is 10.2. The quantitative estimate of drug-likeness (QED) is 0.298. The number of carbonyl (C=O) groups excluding carboxylic acids is 1. The van der Waals surface area contributed by atoms with Crippen molar-refractivity contribution in [2.45, 2.75) is 26.7 Å². The molecule has 0 radical (unpaired) electrons. The predicted molar refractivity (Wildman–Crippen MR) is 131 cm³/mol. The van der Waals surface area contributed by atoms with Crippen LogP contribution in [0.15, 0.2) is 36.5 Å². The molecule has 2 aromatic heterocycles. The Morgan fingerprint density at radius 2 is 2.03 bits per heavy atom. The van der Waals surface area contributed by atoms with Gasteiger partial charge in [-0.15, -0.1) is 0 Å². The largest absolute Gasteiger partial charge is 0.491 e. The van der Waals surface area contributed by atoms with Crippen LogP contribution < -0.4 is 14.2 Å². The molecule has 0 fully saturated rings. The normalized spacial score (nSPS) is 12.0. The van der Waals surface area contributed by atoms with Crippen LogP contribution in [0, 0.1) is 6.92 Å². The fourth-order valence-corrected chi connectivity index (χ4v) is 4.33. The Morgan fingerprint density at radius 3 is 2.76 bits per heavy atom. The van der Waals surface area contributed by atoms with Crippen molar-refractivity contribution in [1.29, 1.82) is 0 Å². The van der Waals surface area contributed by atoms with E-state index in [1.54, 1.807) is 17.9 Å². The topological polar surface area (TPSA) is 116 Å². The highest BCUT2D eigenvalue weighted by molar-refractivity contribution is 7.88.